The van der Waals surface area contributed by atoms with Gasteiger partial charge in [-0.2, -0.15) is 0 Å². The highest BCUT2D eigenvalue weighted by Gasteiger charge is 2.33. The summed E-state index contributed by atoms with van der Waals surface area (Å²) in [6.45, 7) is 2.45. The van der Waals surface area contributed by atoms with Crippen molar-refractivity contribution in [2.24, 2.45) is 5.92 Å². The standard InChI is InChI=1S/C11H19N3O2.ClH/c1-12-10(15)6-9-11(16)14(5-4-13-9)7-8-2-3-8;/h8-9,13H,2-7H2,1H3,(H,12,15);1H. The van der Waals surface area contributed by atoms with E-state index >= 15 is 0 Å². The smallest absolute Gasteiger partial charge is 0.240 e. The van der Waals surface area contributed by atoms with E-state index in [9.17, 15) is 9.59 Å². The Morgan fingerprint density at radius 1 is 1.53 bits per heavy atom. The molecule has 0 aromatic rings. The number of rotatable bonds is 4. The van der Waals surface area contributed by atoms with Gasteiger partial charge in [0, 0.05) is 26.7 Å². The van der Waals surface area contributed by atoms with Crippen molar-refractivity contribution in [3.63, 3.8) is 0 Å². The predicted octanol–water partition coefficient (Wildman–Crippen LogP) is -0.245. The van der Waals surface area contributed by atoms with Crippen LogP contribution in [-0.2, 0) is 9.59 Å². The second kappa shape index (κ2) is 6.21. The maximum Gasteiger partial charge on any atom is 0.240 e. The zero-order valence-electron chi connectivity index (χ0n) is 10.1. The van der Waals surface area contributed by atoms with Crippen molar-refractivity contribution in [3.05, 3.63) is 0 Å². The Morgan fingerprint density at radius 2 is 2.24 bits per heavy atom. The number of hydrogen-bond donors (Lipinski definition) is 2. The van der Waals surface area contributed by atoms with Crippen LogP contribution in [-0.4, -0.2) is 49.4 Å². The van der Waals surface area contributed by atoms with E-state index in [0.717, 1.165) is 19.6 Å². The molecule has 2 fully saturated rings. The van der Waals surface area contributed by atoms with Gasteiger partial charge in [0.15, 0.2) is 0 Å². The molecule has 0 aromatic heterocycles. The summed E-state index contributed by atoms with van der Waals surface area (Å²) in [6, 6.07) is -0.326. The summed E-state index contributed by atoms with van der Waals surface area (Å²) in [6.07, 6.45) is 2.74. The SMILES string of the molecule is CNC(=O)CC1NCCN(CC2CC2)C1=O.Cl. The Kier molecular flexibility index (Phi) is 5.21. The molecule has 1 saturated carbocycles. The third kappa shape index (κ3) is 3.85. The Bertz CT molecular complexity index is 294. The summed E-state index contributed by atoms with van der Waals surface area (Å²) < 4.78 is 0. The van der Waals surface area contributed by atoms with Gasteiger partial charge in [0.05, 0.1) is 12.5 Å². The minimum absolute atomic E-state index is 0. The highest BCUT2D eigenvalue weighted by atomic mass is 35.5. The molecule has 1 aliphatic carbocycles. The largest absolute Gasteiger partial charge is 0.359 e. The van der Waals surface area contributed by atoms with Crippen molar-refractivity contribution in [1.29, 1.82) is 0 Å². The Morgan fingerprint density at radius 3 is 2.82 bits per heavy atom. The number of nitrogens with one attached hydrogen (secondary N) is 2. The van der Waals surface area contributed by atoms with Gasteiger partial charge >= 0.3 is 0 Å². The molecule has 1 saturated heterocycles. The van der Waals surface area contributed by atoms with Crippen molar-refractivity contribution < 1.29 is 9.59 Å². The summed E-state index contributed by atoms with van der Waals surface area (Å²) in [5, 5.41) is 5.66. The minimum atomic E-state index is -0.326. The molecule has 0 radical (unpaired) electrons. The number of nitrogens with zero attached hydrogens (tertiary/aromatic N) is 1. The lowest BCUT2D eigenvalue weighted by Crippen LogP contribution is -2.56. The van der Waals surface area contributed by atoms with E-state index < -0.39 is 0 Å². The van der Waals surface area contributed by atoms with Crippen LogP contribution in [0.1, 0.15) is 19.3 Å². The molecule has 1 atom stereocenters. The highest BCUT2D eigenvalue weighted by Crippen LogP contribution is 2.30. The normalized spacial score (nSPS) is 24.2. The third-order valence-electron chi connectivity index (χ3n) is 3.23. The van der Waals surface area contributed by atoms with Gasteiger partial charge < -0.3 is 15.5 Å². The van der Waals surface area contributed by atoms with Crippen molar-refractivity contribution in [2.75, 3.05) is 26.7 Å². The molecule has 1 unspecified atom stereocenters. The molecule has 0 bridgehead atoms. The number of piperazine rings is 1. The Labute approximate surface area is 108 Å². The van der Waals surface area contributed by atoms with Gasteiger partial charge in [0.1, 0.15) is 0 Å². The molecule has 2 amide bonds. The average Bonchev–Trinajstić information content (AvgIpc) is 3.07. The molecule has 1 aliphatic heterocycles. The third-order valence-corrected chi connectivity index (χ3v) is 3.23. The maximum absolute atomic E-state index is 12.0. The monoisotopic (exact) mass is 261 g/mol. The fraction of sp³-hybridized carbons (Fsp3) is 0.818. The lowest BCUT2D eigenvalue weighted by atomic mass is 10.1. The average molecular weight is 262 g/mol. The Balaban J connectivity index is 0.00000144. The number of hydrogen-bond acceptors (Lipinski definition) is 3. The topological polar surface area (TPSA) is 61.4 Å². The Hall–Kier alpha value is -0.810. The zero-order chi connectivity index (χ0) is 11.5. The molecule has 98 valence electrons. The number of carbonyl (C=O) groups excluding carboxylic acids is 2. The molecular weight excluding hydrogens is 242 g/mol. The van der Waals surface area contributed by atoms with Crippen LogP contribution >= 0.6 is 12.4 Å². The molecule has 6 heteroatoms. The van der Waals surface area contributed by atoms with Crippen molar-refractivity contribution in [3.8, 4) is 0 Å². The molecule has 1 heterocycles. The van der Waals surface area contributed by atoms with Gasteiger partial charge in [0.2, 0.25) is 11.8 Å². The van der Waals surface area contributed by atoms with Crippen molar-refractivity contribution in [1.82, 2.24) is 15.5 Å². The first-order chi connectivity index (χ1) is 7.70. The van der Waals surface area contributed by atoms with Gasteiger partial charge in [0.25, 0.3) is 0 Å². The summed E-state index contributed by atoms with van der Waals surface area (Å²) in [5.74, 6) is 0.712. The van der Waals surface area contributed by atoms with Crippen molar-refractivity contribution in [2.45, 2.75) is 25.3 Å². The van der Waals surface area contributed by atoms with E-state index in [2.05, 4.69) is 10.6 Å². The number of carbonyl (C=O) groups is 2. The van der Waals surface area contributed by atoms with E-state index in [0.29, 0.717) is 5.92 Å². The molecular formula is C11H20ClN3O2. The summed E-state index contributed by atoms with van der Waals surface area (Å²) in [4.78, 5) is 25.2. The maximum atomic E-state index is 12.0. The van der Waals surface area contributed by atoms with E-state index in [1.165, 1.54) is 12.8 Å². The van der Waals surface area contributed by atoms with Crippen molar-refractivity contribution >= 4 is 24.2 Å². The van der Waals surface area contributed by atoms with E-state index in [1.54, 1.807) is 7.05 Å². The number of halogens is 1. The van der Waals surface area contributed by atoms with Crippen LogP contribution in [0, 0.1) is 5.92 Å². The van der Waals surface area contributed by atoms with Crippen LogP contribution in [0.3, 0.4) is 0 Å². The molecule has 2 aliphatic rings. The second-order valence-electron chi connectivity index (χ2n) is 4.61. The van der Waals surface area contributed by atoms with Gasteiger partial charge in [-0.05, 0) is 18.8 Å². The lowest BCUT2D eigenvalue weighted by Gasteiger charge is -2.33. The van der Waals surface area contributed by atoms with E-state index in [4.69, 9.17) is 0 Å². The summed E-state index contributed by atoms with van der Waals surface area (Å²) in [7, 11) is 1.59. The summed E-state index contributed by atoms with van der Waals surface area (Å²) in [5.41, 5.74) is 0. The minimum Gasteiger partial charge on any atom is -0.359 e. The quantitative estimate of drug-likeness (QED) is 0.734. The zero-order valence-corrected chi connectivity index (χ0v) is 10.9. The first kappa shape index (κ1) is 14.3. The molecule has 2 N–H and O–H groups in total. The van der Waals surface area contributed by atoms with Crippen LogP contribution in [0.25, 0.3) is 0 Å². The van der Waals surface area contributed by atoms with Crippen LogP contribution < -0.4 is 10.6 Å². The van der Waals surface area contributed by atoms with Gasteiger partial charge in [-0.25, -0.2) is 0 Å². The first-order valence-corrected chi connectivity index (χ1v) is 5.93. The van der Waals surface area contributed by atoms with Gasteiger partial charge in [-0.1, -0.05) is 0 Å². The molecule has 0 aromatic carbocycles. The fourth-order valence-electron chi connectivity index (χ4n) is 2.03. The van der Waals surface area contributed by atoms with Crippen LogP contribution in [0.5, 0.6) is 0 Å². The first-order valence-electron chi connectivity index (χ1n) is 5.93. The number of amides is 2. The fourth-order valence-corrected chi connectivity index (χ4v) is 2.03. The van der Waals surface area contributed by atoms with Crippen LogP contribution in [0.2, 0.25) is 0 Å². The van der Waals surface area contributed by atoms with E-state index in [1.807, 2.05) is 4.90 Å². The highest BCUT2D eigenvalue weighted by molar-refractivity contribution is 5.88. The molecule has 17 heavy (non-hydrogen) atoms. The lowest BCUT2D eigenvalue weighted by molar-refractivity contribution is -0.138. The molecule has 0 spiro atoms. The summed E-state index contributed by atoms with van der Waals surface area (Å²) >= 11 is 0. The molecule has 2 rings (SSSR count). The van der Waals surface area contributed by atoms with Gasteiger partial charge in [-0.3, -0.25) is 9.59 Å². The van der Waals surface area contributed by atoms with Gasteiger partial charge in [-0.15, -0.1) is 12.4 Å². The molecule has 5 nitrogen and oxygen atoms in total. The van der Waals surface area contributed by atoms with Crippen LogP contribution in [0.4, 0.5) is 0 Å². The predicted molar refractivity (Wildman–Crippen MR) is 67.0 cm³/mol. The second-order valence-corrected chi connectivity index (χ2v) is 4.61. The van der Waals surface area contributed by atoms with E-state index in [-0.39, 0.29) is 36.7 Å². The van der Waals surface area contributed by atoms with Crippen LogP contribution in [0.15, 0.2) is 0 Å².